The Hall–Kier alpha value is 0.270. The molecule has 0 aliphatic carbocycles. The highest BCUT2D eigenvalue weighted by Gasteiger charge is 2.29. The van der Waals surface area contributed by atoms with E-state index in [0.717, 1.165) is 31.1 Å². The number of ether oxygens (including phenoxy) is 1. The Morgan fingerprint density at radius 3 is 2.81 bits per heavy atom. The quantitative estimate of drug-likeness (QED) is 0.802. The number of nitrogens with one attached hydrogen (secondary N) is 1. The van der Waals surface area contributed by atoms with Gasteiger partial charge in [-0.25, -0.2) is 0 Å². The lowest BCUT2D eigenvalue weighted by molar-refractivity contribution is 0.0583. The second kappa shape index (κ2) is 6.87. The van der Waals surface area contributed by atoms with Crippen LogP contribution in [0.2, 0.25) is 0 Å². The molecule has 94 valence electrons. The lowest BCUT2D eigenvalue weighted by Crippen LogP contribution is -2.37. The van der Waals surface area contributed by atoms with Gasteiger partial charge in [-0.05, 0) is 49.8 Å². The second-order valence-electron chi connectivity index (χ2n) is 5.15. The van der Waals surface area contributed by atoms with Crippen molar-refractivity contribution in [3.63, 3.8) is 0 Å². The van der Waals surface area contributed by atoms with E-state index in [1.807, 2.05) is 0 Å². The summed E-state index contributed by atoms with van der Waals surface area (Å²) in [4.78, 5) is 0. The van der Waals surface area contributed by atoms with E-state index in [1.165, 1.54) is 43.7 Å². The Labute approximate surface area is 104 Å². The molecule has 2 saturated heterocycles. The zero-order chi connectivity index (χ0) is 11.2. The summed E-state index contributed by atoms with van der Waals surface area (Å²) in [5, 5.41) is 3.72. The summed E-state index contributed by atoms with van der Waals surface area (Å²) in [7, 11) is 0. The van der Waals surface area contributed by atoms with Crippen molar-refractivity contribution in [2.75, 3.05) is 31.3 Å². The summed E-state index contributed by atoms with van der Waals surface area (Å²) in [6.45, 7) is 5.44. The molecule has 0 aromatic rings. The van der Waals surface area contributed by atoms with Gasteiger partial charge >= 0.3 is 0 Å². The van der Waals surface area contributed by atoms with Crippen LogP contribution in [-0.4, -0.2) is 37.3 Å². The number of hydrogen-bond acceptors (Lipinski definition) is 3. The van der Waals surface area contributed by atoms with Gasteiger partial charge in [0.05, 0.1) is 0 Å². The summed E-state index contributed by atoms with van der Waals surface area (Å²) in [5.41, 5.74) is 0. The molecule has 2 atom stereocenters. The molecule has 2 unspecified atom stereocenters. The summed E-state index contributed by atoms with van der Waals surface area (Å²) in [6.07, 6.45) is 5.27. The molecule has 2 nitrogen and oxygen atoms in total. The van der Waals surface area contributed by atoms with E-state index in [9.17, 15) is 0 Å². The van der Waals surface area contributed by atoms with Gasteiger partial charge in [-0.15, -0.1) is 0 Å². The highest BCUT2D eigenvalue weighted by molar-refractivity contribution is 7.99. The summed E-state index contributed by atoms with van der Waals surface area (Å²) >= 11 is 2.14. The molecular formula is C13H25NOS. The van der Waals surface area contributed by atoms with Crippen LogP contribution in [0.25, 0.3) is 0 Å². The van der Waals surface area contributed by atoms with E-state index >= 15 is 0 Å². The first-order chi connectivity index (χ1) is 7.90. The zero-order valence-electron chi connectivity index (χ0n) is 10.4. The first kappa shape index (κ1) is 12.7. The fraction of sp³-hybridized carbons (Fsp3) is 1.00. The smallest absolute Gasteiger partial charge is 0.0468 e. The van der Waals surface area contributed by atoms with Gasteiger partial charge in [0, 0.05) is 25.0 Å². The van der Waals surface area contributed by atoms with Gasteiger partial charge in [-0.2, -0.15) is 11.8 Å². The van der Waals surface area contributed by atoms with E-state index in [1.54, 1.807) is 0 Å². The van der Waals surface area contributed by atoms with Crippen LogP contribution in [-0.2, 0) is 4.74 Å². The van der Waals surface area contributed by atoms with E-state index in [0.29, 0.717) is 0 Å². The Morgan fingerprint density at radius 1 is 1.25 bits per heavy atom. The van der Waals surface area contributed by atoms with E-state index in [4.69, 9.17) is 4.74 Å². The van der Waals surface area contributed by atoms with E-state index < -0.39 is 0 Å². The van der Waals surface area contributed by atoms with Crippen LogP contribution in [0.5, 0.6) is 0 Å². The van der Waals surface area contributed by atoms with Crippen LogP contribution in [0.15, 0.2) is 0 Å². The standard InChI is InChI=1S/C13H25NOS/c1-2-5-14-13-10-16-9-12(13)8-11-3-6-15-7-4-11/h11-14H,2-10H2,1H3. The van der Waals surface area contributed by atoms with Crippen LogP contribution in [0.3, 0.4) is 0 Å². The van der Waals surface area contributed by atoms with Gasteiger partial charge in [0.1, 0.15) is 0 Å². The van der Waals surface area contributed by atoms with E-state index in [2.05, 4.69) is 24.0 Å². The minimum atomic E-state index is 0.785. The monoisotopic (exact) mass is 243 g/mol. The predicted octanol–water partition coefficient (Wildman–Crippen LogP) is 2.53. The van der Waals surface area contributed by atoms with Crippen LogP contribution >= 0.6 is 11.8 Å². The average molecular weight is 243 g/mol. The lowest BCUT2D eigenvalue weighted by atomic mass is 9.86. The molecule has 0 bridgehead atoms. The van der Waals surface area contributed by atoms with Crippen molar-refractivity contribution in [3.8, 4) is 0 Å². The number of rotatable bonds is 5. The maximum atomic E-state index is 5.44. The lowest BCUT2D eigenvalue weighted by Gasteiger charge is -2.27. The number of hydrogen-bond donors (Lipinski definition) is 1. The molecular weight excluding hydrogens is 218 g/mol. The third-order valence-electron chi connectivity index (χ3n) is 3.83. The molecule has 0 saturated carbocycles. The maximum absolute atomic E-state index is 5.44. The van der Waals surface area contributed by atoms with Gasteiger partial charge in [-0.3, -0.25) is 0 Å². The summed E-state index contributed by atoms with van der Waals surface area (Å²) in [6, 6.07) is 0.785. The zero-order valence-corrected chi connectivity index (χ0v) is 11.2. The molecule has 3 heteroatoms. The van der Waals surface area contributed by atoms with Gasteiger partial charge in [0.2, 0.25) is 0 Å². The molecule has 0 radical (unpaired) electrons. The van der Waals surface area contributed by atoms with Crippen LogP contribution in [0.1, 0.15) is 32.6 Å². The third kappa shape index (κ3) is 3.64. The van der Waals surface area contributed by atoms with Gasteiger partial charge in [0.25, 0.3) is 0 Å². The van der Waals surface area contributed by atoms with Crippen LogP contribution in [0.4, 0.5) is 0 Å². The Kier molecular flexibility index (Phi) is 5.46. The Morgan fingerprint density at radius 2 is 2.06 bits per heavy atom. The van der Waals surface area contributed by atoms with Crippen molar-refractivity contribution in [1.29, 1.82) is 0 Å². The first-order valence-electron chi connectivity index (χ1n) is 6.79. The van der Waals surface area contributed by atoms with Crippen molar-refractivity contribution >= 4 is 11.8 Å². The maximum Gasteiger partial charge on any atom is 0.0468 e. The Balaban J connectivity index is 1.73. The molecule has 0 aromatic carbocycles. The molecule has 2 fully saturated rings. The molecule has 2 heterocycles. The SMILES string of the molecule is CCCNC1CSCC1CC1CCOCC1. The fourth-order valence-corrected chi connectivity index (χ4v) is 4.25. The van der Waals surface area contributed by atoms with E-state index in [-0.39, 0.29) is 0 Å². The topological polar surface area (TPSA) is 21.3 Å². The van der Waals surface area contributed by atoms with Crippen LogP contribution in [0, 0.1) is 11.8 Å². The first-order valence-corrected chi connectivity index (χ1v) is 7.94. The van der Waals surface area contributed by atoms with Crippen molar-refractivity contribution < 1.29 is 4.74 Å². The highest BCUT2D eigenvalue weighted by atomic mass is 32.2. The normalized spacial score (nSPS) is 32.1. The van der Waals surface area contributed by atoms with Gasteiger partial charge in [0.15, 0.2) is 0 Å². The highest BCUT2D eigenvalue weighted by Crippen LogP contribution is 2.32. The predicted molar refractivity (Wildman–Crippen MR) is 71.1 cm³/mol. The molecule has 0 aromatic heterocycles. The third-order valence-corrected chi connectivity index (χ3v) is 5.09. The van der Waals surface area contributed by atoms with Gasteiger partial charge in [-0.1, -0.05) is 6.92 Å². The molecule has 0 spiro atoms. The average Bonchev–Trinajstić information content (AvgIpc) is 2.75. The second-order valence-corrected chi connectivity index (χ2v) is 6.22. The van der Waals surface area contributed by atoms with Crippen molar-refractivity contribution in [2.45, 2.75) is 38.6 Å². The number of thioether (sulfide) groups is 1. The van der Waals surface area contributed by atoms with Crippen molar-refractivity contribution in [1.82, 2.24) is 5.32 Å². The molecule has 2 rings (SSSR count). The van der Waals surface area contributed by atoms with Crippen LogP contribution < -0.4 is 5.32 Å². The minimum Gasteiger partial charge on any atom is -0.381 e. The molecule has 2 aliphatic rings. The fourth-order valence-electron chi connectivity index (χ4n) is 2.80. The molecule has 16 heavy (non-hydrogen) atoms. The largest absolute Gasteiger partial charge is 0.381 e. The Bertz CT molecular complexity index is 194. The molecule has 0 amide bonds. The minimum absolute atomic E-state index is 0.785. The molecule has 1 N–H and O–H groups in total. The summed E-state index contributed by atoms with van der Waals surface area (Å²) in [5.74, 6) is 4.55. The molecule has 2 aliphatic heterocycles. The summed E-state index contributed by atoms with van der Waals surface area (Å²) < 4.78 is 5.44. The van der Waals surface area contributed by atoms with Crippen molar-refractivity contribution in [3.05, 3.63) is 0 Å². The van der Waals surface area contributed by atoms with Gasteiger partial charge < -0.3 is 10.1 Å². The van der Waals surface area contributed by atoms with Crippen molar-refractivity contribution in [2.24, 2.45) is 11.8 Å².